The predicted molar refractivity (Wildman–Crippen MR) is 91.3 cm³/mol. The summed E-state index contributed by atoms with van der Waals surface area (Å²) < 4.78 is 42.0. The van der Waals surface area contributed by atoms with E-state index in [1.807, 2.05) is 4.90 Å². The standard InChI is InChI=1S/C15H14FN5O4S/c16-9-2-1-3-11-13(9)26(24,25)20-12(17-11)7-21-5-4-10-8(6-21)14(22)19-15(23)18-10/h1-3H,4-7H2,(H,17,20)(H2,18,19,22,23). The highest BCUT2D eigenvalue weighted by Crippen LogP contribution is 2.29. The minimum atomic E-state index is -4.14. The van der Waals surface area contributed by atoms with Crippen LogP contribution in [0.1, 0.15) is 11.3 Å². The Balaban J connectivity index is 1.61. The van der Waals surface area contributed by atoms with Crippen molar-refractivity contribution in [2.45, 2.75) is 17.9 Å². The van der Waals surface area contributed by atoms with Crippen molar-refractivity contribution in [2.75, 3.05) is 18.4 Å². The van der Waals surface area contributed by atoms with Gasteiger partial charge in [0.05, 0.1) is 17.8 Å². The van der Waals surface area contributed by atoms with Crippen molar-refractivity contribution in [2.24, 2.45) is 4.40 Å². The molecule has 0 fully saturated rings. The molecule has 0 saturated carbocycles. The predicted octanol–water partition coefficient (Wildman–Crippen LogP) is -0.227. The second-order valence-corrected chi connectivity index (χ2v) is 7.62. The van der Waals surface area contributed by atoms with E-state index >= 15 is 0 Å². The van der Waals surface area contributed by atoms with Gasteiger partial charge in [-0.3, -0.25) is 14.7 Å². The van der Waals surface area contributed by atoms with E-state index in [-0.39, 0.29) is 24.6 Å². The molecular weight excluding hydrogens is 365 g/mol. The van der Waals surface area contributed by atoms with Gasteiger partial charge in [0, 0.05) is 25.2 Å². The Labute approximate surface area is 146 Å². The molecule has 136 valence electrons. The Morgan fingerprint density at radius 2 is 2.04 bits per heavy atom. The van der Waals surface area contributed by atoms with Gasteiger partial charge in [-0.25, -0.2) is 9.18 Å². The van der Waals surface area contributed by atoms with Gasteiger partial charge in [-0.1, -0.05) is 6.07 Å². The second-order valence-electron chi connectivity index (χ2n) is 6.08. The molecule has 0 aliphatic carbocycles. The summed E-state index contributed by atoms with van der Waals surface area (Å²) in [6.45, 7) is 0.870. The van der Waals surface area contributed by atoms with E-state index in [4.69, 9.17) is 0 Å². The van der Waals surface area contributed by atoms with Crippen LogP contribution in [0.5, 0.6) is 0 Å². The maximum atomic E-state index is 13.8. The first-order valence-corrected chi connectivity index (χ1v) is 9.23. The number of hydrogen-bond donors (Lipinski definition) is 3. The zero-order valence-corrected chi connectivity index (χ0v) is 14.2. The maximum absolute atomic E-state index is 13.8. The van der Waals surface area contributed by atoms with Gasteiger partial charge in [-0.2, -0.15) is 8.42 Å². The normalized spacial score (nSPS) is 18.4. The third-order valence-corrected chi connectivity index (χ3v) is 5.69. The molecule has 0 spiro atoms. The molecule has 0 amide bonds. The first kappa shape index (κ1) is 16.7. The molecule has 0 atom stereocenters. The van der Waals surface area contributed by atoms with Crippen LogP contribution in [-0.2, 0) is 23.0 Å². The second kappa shape index (κ2) is 5.88. The van der Waals surface area contributed by atoms with Crippen molar-refractivity contribution in [3.05, 3.63) is 56.1 Å². The molecule has 2 aromatic rings. The number of amidine groups is 1. The molecule has 0 unspecified atom stereocenters. The van der Waals surface area contributed by atoms with Gasteiger partial charge in [0.15, 0.2) is 0 Å². The van der Waals surface area contributed by atoms with E-state index < -0.39 is 32.0 Å². The highest BCUT2D eigenvalue weighted by Gasteiger charge is 2.30. The van der Waals surface area contributed by atoms with Crippen LogP contribution < -0.4 is 16.6 Å². The smallest absolute Gasteiger partial charge is 0.325 e. The zero-order valence-electron chi connectivity index (χ0n) is 13.4. The first-order valence-electron chi connectivity index (χ1n) is 7.79. The summed E-state index contributed by atoms with van der Waals surface area (Å²) in [5.41, 5.74) is 0.127. The Bertz CT molecular complexity index is 1150. The summed E-state index contributed by atoms with van der Waals surface area (Å²) in [6.07, 6.45) is 0.444. The number of aromatic amines is 2. The first-order chi connectivity index (χ1) is 12.3. The monoisotopic (exact) mass is 379 g/mol. The minimum absolute atomic E-state index is 0.132. The number of H-pyrrole nitrogens is 2. The molecule has 3 N–H and O–H groups in total. The molecule has 1 aromatic heterocycles. The van der Waals surface area contributed by atoms with E-state index in [1.54, 1.807) is 0 Å². The number of fused-ring (bicyclic) bond motifs is 2. The van der Waals surface area contributed by atoms with Crippen LogP contribution in [-0.4, -0.2) is 42.2 Å². The van der Waals surface area contributed by atoms with Crippen LogP contribution in [0.4, 0.5) is 10.1 Å². The molecule has 2 aliphatic rings. The minimum Gasteiger partial charge on any atom is -0.341 e. The average molecular weight is 379 g/mol. The largest absolute Gasteiger partial charge is 0.341 e. The van der Waals surface area contributed by atoms with Crippen LogP contribution >= 0.6 is 0 Å². The molecule has 0 saturated heterocycles. The summed E-state index contributed by atoms with van der Waals surface area (Å²) in [4.78, 5) is 29.4. The number of sulfonamides is 1. The molecule has 0 bridgehead atoms. The highest BCUT2D eigenvalue weighted by atomic mass is 32.2. The van der Waals surface area contributed by atoms with Crippen molar-refractivity contribution in [3.8, 4) is 0 Å². The highest BCUT2D eigenvalue weighted by molar-refractivity contribution is 7.90. The van der Waals surface area contributed by atoms with Crippen LogP contribution in [0, 0.1) is 5.82 Å². The Morgan fingerprint density at radius 3 is 2.85 bits per heavy atom. The van der Waals surface area contributed by atoms with E-state index in [1.165, 1.54) is 12.1 Å². The van der Waals surface area contributed by atoms with Crippen LogP contribution in [0.3, 0.4) is 0 Å². The molecule has 0 radical (unpaired) electrons. The molecule has 26 heavy (non-hydrogen) atoms. The van der Waals surface area contributed by atoms with Crippen molar-refractivity contribution in [1.29, 1.82) is 0 Å². The van der Waals surface area contributed by atoms with Crippen molar-refractivity contribution < 1.29 is 12.8 Å². The van der Waals surface area contributed by atoms with E-state index in [0.717, 1.165) is 6.07 Å². The topological polar surface area (TPSA) is 127 Å². The van der Waals surface area contributed by atoms with Gasteiger partial charge < -0.3 is 10.3 Å². The number of aromatic nitrogens is 2. The number of halogens is 1. The number of hydrogen-bond acceptors (Lipinski definition) is 6. The van der Waals surface area contributed by atoms with Gasteiger partial charge in [0.2, 0.25) is 0 Å². The fourth-order valence-electron chi connectivity index (χ4n) is 3.17. The van der Waals surface area contributed by atoms with Gasteiger partial charge in [0.1, 0.15) is 16.5 Å². The lowest BCUT2D eigenvalue weighted by Gasteiger charge is -2.29. The van der Waals surface area contributed by atoms with Crippen LogP contribution in [0.25, 0.3) is 0 Å². The molecule has 2 aliphatic heterocycles. The van der Waals surface area contributed by atoms with Crippen LogP contribution in [0.15, 0.2) is 37.1 Å². The number of benzene rings is 1. The third kappa shape index (κ3) is 2.84. The number of rotatable bonds is 2. The summed E-state index contributed by atoms with van der Waals surface area (Å²) in [6, 6.07) is 3.94. The summed E-state index contributed by atoms with van der Waals surface area (Å²) in [5.74, 6) is -0.715. The quantitative estimate of drug-likeness (QED) is 0.662. The maximum Gasteiger partial charge on any atom is 0.325 e. The van der Waals surface area contributed by atoms with Gasteiger partial charge in [0.25, 0.3) is 15.6 Å². The van der Waals surface area contributed by atoms with Crippen molar-refractivity contribution >= 4 is 21.5 Å². The number of anilines is 1. The average Bonchev–Trinajstić information content (AvgIpc) is 2.54. The summed E-state index contributed by atoms with van der Waals surface area (Å²) in [5, 5.41) is 2.83. The third-order valence-electron chi connectivity index (χ3n) is 4.30. The van der Waals surface area contributed by atoms with Gasteiger partial charge in [-0.15, -0.1) is 4.40 Å². The Morgan fingerprint density at radius 1 is 1.23 bits per heavy atom. The molecule has 3 heterocycles. The number of nitrogens with one attached hydrogen (secondary N) is 3. The lowest BCUT2D eigenvalue weighted by Crippen LogP contribution is -2.42. The molecule has 1 aromatic carbocycles. The molecule has 11 heteroatoms. The molecular formula is C15H14FN5O4S. The van der Waals surface area contributed by atoms with Crippen LogP contribution in [0.2, 0.25) is 0 Å². The molecule has 9 nitrogen and oxygen atoms in total. The van der Waals surface area contributed by atoms with E-state index in [9.17, 15) is 22.4 Å². The van der Waals surface area contributed by atoms with Crippen molar-refractivity contribution in [1.82, 2.24) is 14.9 Å². The zero-order chi connectivity index (χ0) is 18.5. The lowest BCUT2D eigenvalue weighted by molar-refractivity contribution is 0.285. The van der Waals surface area contributed by atoms with E-state index in [0.29, 0.717) is 24.2 Å². The van der Waals surface area contributed by atoms with E-state index in [2.05, 4.69) is 19.7 Å². The molecule has 4 rings (SSSR count). The van der Waals surface area contributed by atoms with Gasteiger partial charge in [-0.05, 0) is 12.1 Å². The SMILES string of the molecule is O=c1[nH]c2c(c(=O)[nH]1)CN(CC1=NS(=O)(=O)c3c(F)cccc3N1)CC2. The summed E-state index contributed by atoms with van der Waals surface area (Å²) >= 11 is 0. The fourth-order valence-corrected chi connectivity index (χ4v) is 4.36. The Kier molecular flexibility index (Phi) is 3.77. The van der Waals surface area contributed by atoms with Crippen molar-refractivity contribution in [3.63, 3.8) is 0 Å². The number of nitrogens with zero attached hydrogens (tertiary/aromatic N) is 2. The Hall–Kier alpha value is -2.79. The van der Waals surface area contributed by atoms with Gasteiger partial charge >= 0.3 is 5.69 Å². The lowest BCUT2D eigenvalue weighted by atomic mass is 10.1. The fraction of sp³-hybridized carbons (Fsp3) is 0.267. The summed E-state index contributed by atoms with van der Waals surface area (Å²) in [7, 11) is -4.14.